The zero-order valence-electron chi connectivity index (χ0n) is 21.2. The normalized spacial score (nSPS) is 16.4. The summed E-state index contributed by atoms with van der Waals surface area (Å²) in [5.74, 6) is -0.729. The van der Waals surface area contributed by atoms with E-state index in [0.29, 0.717) is 63.8 Å². The lowest BCUT2D eigenvalue weighted by atomic mass is 10.1. The first-order chi connectivity index (χ1) is 19.4. The van der Waals surface area contributed by atoms with Crippen molar-refractivity contribution in [2.45, 2.75) is 0 Å². The number of amides is 3. The van der Waals surface area contributed by atoms with Crippen molar-refractivity contribution in [2.75, 3.05) is 43.1 Å². The first kappa shape index (κ1) is 27.5. The second-order valence-electron chi connectivity index (χ2n) is 8.88. The minimum Gasteiger partial charge on any atom is -0.484 e. The van der Waals surface area contributed by atoms with Gasteiger partial charge in [-0.15, -0.1) is 0 Å². The van der Waals surface area contributed by atoms with Crippen LogP contribution in [0, 0.1) is 5.82 Å². The van der Waals surface area contributed by atoms with Crippen molar-refractivity contribution in [2.24, 2.45) is 0 Å². The molecular weight excluding hydrogens is 553 g/mol. The number of carbonyl (C=O) groups is 3. The van der Waals surface area contributed by atoms with Crippen molar-refractivity contribution in [3.8, 4) is 5.75 Å². The fraction of sp³-hybridized carbons (Fsp3) is 0.172. The van der Waals surface area contributed by atoms with Crippen LogP contribution in [0.1, 0.15) is 15.9 Å². The lowest BCUT2D eigenvalue weighted by Crippen LogP contribution is -2.42. The van der Waals surface area contributed by atoms with E-state index >= 15 is 0 Å². The Hall–Kier alpha value is -4.06. The Labute approximate surface area is 239 Å². The van der Waals surface area contributed by atoms with Crippen molar-refractivity contribution in [3.63, 3.8) is 0 Å². The molecule has 40 heavy (non-hydrogen) atoms. The van der Waals surface area contributed by atoms with Crippen molar-refractivity contribution in [1.29, 1.82) is 0 Å². The number of nitrogens with zero attached hydrogens (tertiary/aromatic N) is 2. The Bertz CT molecular complexity index is 1490. The van der Waals surface area contributed by atoms with E-state index in [9.17, 15) is 18.8 Å². The van der Waals surface area contributed by atoms with E-state index in [1.54, 1.807) is 53.4 Å². The Morgan fingerprint density at radius 2 is 1.80 bits per heavy atom. The van der Waals surface area contributed by atoms with E-state index in [1.165, 1.54) is 29.2 Å². The van der Waals surface area contributed by atoms with Crippen LogP contribution < -0.4 is 15.0 Å². The highest BCUT2D eigenvalue weighted by molar-refractivity contribution is 8.27. The summed E-state index contributed by atoms with van der Waals surface area (Å²) in [5.41, 5.74) is 1.93. The molecule has 3 amide bonds. The van der Waals surface area contributed by atoms with Crippen molar-refractivity contribution < 1.29 is 28.2 Å². The molecule has 8 nitrogen and oxygen atoms in total. The molecule has 204 valence electrons. The topological polar surface area (TPSA) is 88.2 Å². The number of hydrogen-bond donors (Lipinski definition) is 1. The third-order valence-electron chi connectivity index (χ3n) is 6.14. The molecule has 0 atom stereocenters. The van der Waals surface area contributed by atoms with Crippen LogP contribution in [0.5, 0.6) is 5.75 Å². The average Bonchev–Trinajstić information content (AvgIpc) is 3.25. The molecule has 2 heterocycles. The molecule has 0 saturated carbocycles. The number of hydrogen-bond acceptors (Lipinski definition) is 7. The van der Waals surface area contributed by atoms with E-state index in [2.05, 4.69) is 5.32 Å². The van der Waals surface area contributed by atoms with Crippen LogP contribution in [-0.4, -0.2) is 59.9 Å². The molecule has 0 spiro atoms. The van der Waals surface area contributed by atoms with Crippen LogP contribution in [0.25, 0.3) is 6.08 Å². The number of nitrogens with one attached hydrogen (secondary N) is 1. The van der Waals surface area contributed by atoms with Gasteiger partial charge in [0.05, 0.1) is 23.8 Å². The second kappa shape index (κ2) is 12.4. The maximum absolute atomic E-state index is 13.3. The van der Waals surface area contributed by atoms with Gasteiger partial charge in [0.15, 0.2) is 10.9 Å². The van der Waals surface area contributed by atoms with Gasteiger partial charge >= 0.3 is 0 Å². The number of anilines is 2. The molecule has 0 aromatic heterocycles. The van der Waals surface area contributed by atoms with Gasteiger partial charge in [0, 0.05) is 24.3 Å². The SMILES string of the molecule is O=C(Nc1ccc(F)cc1)c1cccc(N2C(=O)/C(=C\c3cccc(OCC(=O)N4CCOCC4)c3)SC2=S)c1. The van der Waals surface area contributed by atoms with Gasteiger partial charge in [-0.25, -0.2) is 4.39 Å². The van der Waals surface area contributed by atoms with E-state index in [4.69, 9.17) is 21.7 Å². The molecule has 0 unspecified atom stereocenters. The molecule has 2 aliphatic heterocycles. The number of carbonyl (C=O) groups excluding carboxylic acids is 3. The van der Waals surface area contributed by atoms with E-state index in [1.807, 2.05) is 6.07 Å². The Morgan fingerprint density at radius 1 is 1.05 bits per heavy atom. The van der Waals surface area contributed by atoms with Gasteiger partial charge < -0.3 is 19.7 Å². The van der Waals surface area contributed by atoms with Crippen LogP contribution in [-0.2, 0) is 14.3 Å². The van der Waals surface area contributed by atoms with Gasteiger partial charge in [0.2, 0.25) is 0 Å². The van der Waals surface area contributed by atoms with Crippen molar-refractivity contribution in [3.05, 3.63) is 94.6 Å². The molecule has 0 radical (unpaired) electrons. The third kappa shape index (κ3) is 6.56. The molecule has 0 aliphatic carbocycles. The third-order valence-corrected chi connectivity index (χ3v) is 7.45. The Balaban J connectivity index is 1.26. The van der Waals surface area contributed by atoms with Crippen LogP contribution in [0.4, 0.5) is 15.8 Å². The van der Waals surface area contributed by atoms with Crippen molar-refractivity contribution in [1.82, 2.24) is 4.90 Å². The maximum atomic E-state index is 13.3. The molecule has 3 aromatic rings. The minimum absolute atomic E-state index is 0.0867. The fourth-order valence-electron chi connectivity index (χ4n) is 4.11. The van der Waals surface area contributed by atoms with Crippen LogP contribution >= 0.6 is 24.0 Å². The lowest BCUT2D eigenvalue weighted by molar-refractivity contribution is -0.137. The molecule has 3 aromatic carbocycles. The number of ether oxygens (including phenoxy) is 2. The smallest absolute Gasteiger partial charge is 0.270 e. The summed E-state index contributed by atoms with van der Waals surface area (Å²) >= 11 is 6.64. The quantitative estimate of drug-likeness (QED) is 0.321. The molecule has 11 heteroatoms. The summed E-state index contributed by atoms with van der Waals surface area (Å²) in [6.07, 6.45) is 1.71. The summed E-state index contributed by atoms with van der Waals surface area (Å²) < 4.78 is 24.5. The van der Waals surface area contributed by atoms with Crippen LogP contribution in [0.3, 0.4) is 0 Å². The summed E-state index contributed by atoms with van der Waals surface area (Å²) in [6, 6.07) is 19.1. The van der Waals surface area contributed by atoms with Gasteiger partial charge in [0.1, 0.15) is 11.6 Å². The first-order valence-corrected chi connectivity index (χ1v) is 13.6. The number of rotatable bonds is 7. The highest BCUT2D eigenvalue weighted by Crippen LogP contribution is 2.36. The van der Waals surface area contributed by atoms with Crippen molar-refractivity contribution >= 4 is 63.5 Å². The highest BCUT2D eigenvalue weighted by Gasteiger charge is 2.33. The molecular formula is C29H24FN3O5S2. The Morgan fingerprint density at radius 3 is 2.58 bits per heavy atom. The predicted molar refractivity (Wildman–Crippen MR) is 156 cm³/mol. The van der Waals surface area contributed by atoms with E-state index < -0.39 is 11.7 Å². The van der Waals surface area contributed by atoms with Gasteiger partial charge in [-0.3, -0.25) is 19.3 Å². The van der Waals surface area contributed by atoms with Gasteiger partial charge in [0.25, 0.3) is 17.7 Å². The van der Waals surface area contributed by atoms with Gasteiger partial charge in [-0.05, 0) is 66.2 Å². The molecule has 0 bridgehead atoms. The van der Waals surface area contributed by atoms with Gasteiger partial charge in [-0.1, -0.05) is 42.2 Å². The summed E-state index contributed by atoms with van der Waals surface area (Å²) in [4.78, 5) is 42.0. The lowest BCUT2D eigenvalue weighted by Gasteiger charge is -2.26. The van der Waals surface area contributed by atoms with E-state index in [-0.39, 0.29) is 18.4 Å². The molecule has 1 N–H and O–H groups in total. The van der Waals surface area contributed by atoms with Gasteiger partial charge in [-0.2, -0.15) is 0 Å². The zero-order chi connectivity index (χ0) is 28.1. The number of morpholine rings is 1. The summed E-state index contributed by atoms with van der Waals surface area (Å²) in [6.45, 7) is 2.05. The van der Waals surface area contributed by atoms with Crippen LogP contribution in [0.2, 0.25) is 0 Å². The summed E-state index contributed by atoms with van der Waals surface area (Å²) in [5, 5.41) is 2.71. The summed E-state index contributed by atoms with van der Waals surface area (Å²) in [7, 11) is 0. The zero-order valence-corrected chi connectivity index (χ0v) is 22.8. The first-order valence-electron chi connectivity index (χ1n) is 12.4. The van der Waals surface area contributed by atoms with E-state index in [0.717, 1.165) is 11.8 Å². The standard InChI is InChI=1S/C29H24FN3O5S2/c30-21-7-9-22(10-8-21)31-27(35)20-4-2-5-23(17-20)33-28(36)25(40-29(33)39)16-19-3-1-6-24(15-19)38-18-26(34)32-11-13-37-14-12-32/h1-10,15-17H,11-14,18H2,(H,31,35)/b25-16+. The molecule has 2 aliphatic rings. The number of halogens is 1. The predicted octanol–water partition coefficient (Wildman–Crippen LogP) is 4.72. The second-order valence-corrected chi connectivity index (χ2v) is 10.6. The fourth-order valence-corrected chi connectivity index (χ4v) is 5.41. The number of thioether (sulfide) groups is 1. The molecule has 2 saturated heterocycles. The number of benzene rings is 3. The maximum Gasteiger partial charge on any atom is 0.270 e. The Kier molecular flexibility index (Phi) is 8.54. The minimum atomic E-state index is -0.404. The largest absolute Gasteiger partial charge is 0.484 e. The van der Waals surface area contributed by atoms with Crippen LogP contribution in [0.15, 0.2) is 77.7 Å². The monoisotopic (exact) mass is 577 g/mol. The molecule has 2 fully saturated rings. The molecule has 5 rings (SSSR count). The number of thiocarbonyl (C=S) groups is 1. The average molecular weight is 578 g/mol. The highest BCUT2D eigenvalue weighted by atomic mass is 32.2.